The number of likely N-dealkylation sites (tertiary alicyclic amines) is 1. The molecule has 0 unspecified atom stereocenters. The van der Waals surface area contributed by atoms with Gasteiger partial charge in [0.25, 0.3) is 0 Å². The lowest BCUT2D eigenvalue weighted by atomic mass is 10.2. The van der Waals surface area contributed by atoms with Gasteiger partial charge in [0.05, 0.1) is 23.5 Å². The molecule has 1 saturated heterocycles. The second-order valence-electron chi connectivity index (χ2n) is 6.89. The Kier molecular flexibility index (Phi) is 5.36. The number of hydrogen-bond acceptors (Lipinski definition) is 8. The van der Waals surface area contributed by atoms with Crippen LogP contribution in [0.15, 0.2) is 40.5 Å². The van der Waals surface area contributed by atoms with E-state index in [2.05, 4.69) is 19.9 Å². The molecule has 1 aliphatic heterocycles. The molecule has 1 fully saturated rings. The van der Waals surface area contributed by atoms with Gasteiger partial charge in [-0.05, 0) is 31.0 Å². The average molecular weight is 398 g/mol. The van der Waals surface area contributed by atoms with E-state index in [9.17, 15) is 4.79 Å². The van der Waals surface area contributed by atoms with Gasteiger partial charge in [-0.15, -0.1) is 11.3 Å². The third-order valence-electron chi connectivity index (χ3n) is 4.87. The minimum atomic E-state index is 0.0714. The highest BCUT2D eigenvalue weighted by Gasteiger charge is 2.29. The number of nitrogens with two attached hydrogens (primary N) is 1. The summed E-state index contributed by atoms with van der Waals surface area (Å²) in [6.45, 7) is 2.03. The molecular formula is C19H22N6O2S. The largest absolute Gasteiger partial charge is 0.444 e. The Morgan fingerprint density at radius 3 is 3.11 bits per heavy atom. The topological polar surface area (TPSA) is 101 Å². The van der Waals surface area contributed by atoms with Gasteiger partial charge in [0.2, 0.25) is 11.8 Å². The predicted molar refractivity (Wildman–Crippen MR) is 106 cm³/mol. The van der Waals surface area contributed by atoms with Crippen molar-refractivity contribution in [2.75, 3.05) is 25.9 Å². The number of aromatic nitrogens is 3. The number of thiophene rings is 1. The zero-order valence-electron chi connectivity index (χ0n) is 15.6. The molecule has 0 spiro atoms. The van der Waals surface area contributed by atoms with Crippen LogP contribution < -0.4 is 5.73 Å². The fraction of sp³-hybridized carbons (Fsp3) is 0.368. The molecule has 3 aromatic heterocycles. The minimum absolute atomic E-state index is 0.0714. The van der Waals surface area contributed by atoms with E-state index >= 15 is 0 Å². The zero-order chi connectivity index (χ0) is 19.5. The summed E-state index contributed by atoms with van der Waals surface area (Å²) in [5, 5.41) is 1.97. The van der Waals surface area contributed by atoms with Crippen LogP contribution in [0.3, 0.4) is 0 Å². The molecule has 28 heavy (non-hydrogen) atoms. The highest BCUT2D eigenvalue weighted by Crippen LogP contribution is 2.24. The van der Waals surface area contributed by atoms with Crippen molar-refractivity contribution >= 4 is 23.1 Å². The number of carbonyl (C=O) groups is 1. The van der Waals surface area contributed by atoms with Crippen molar-refractivity contribution in [2.24, 2.45) is 0 Å². The van der Waals surface area contributed by atoms with Gasteiger partial charge in [-0.3, -0.25) is 9.69 Å². The average Bonchev–Trinajstić information content (AvgIpc) is 3.42. The molecule has 3 aromatic rings. The molecule has 8 nitrogen and oxygen atoms in total. The summed E-state index contributed by atoms with van der Waals surface area (Å²) in [6.07, 6.45) is 4.41. The Morgan fingerprint density at radius 1 is 1.43 bits per heavy atom. The Labute approximate surface area is 167 Å². The van der Waals surface area contributed by atoms with Crippen LogP contribution in [0.1, 0.15) is 17.9 Å². The number of rotatable bonds is 6. The maximum Gasteiger partial charge on any atom is 0.236 e. The lowest BCUT2D eigenvalue weighted by molar-refractivity contribution is -0.129. The molecule has 9 heteroatoms. The van der Waals surface area contributed by atoms with Crippen molar-refractivity contribution in [1.82, 2.24) is 24.8 Å². The molecule has 4 rings (SSSR count). The number of likely N-dealkylation sites (N-methyl/N-ethyl adjacent to an activating group) is 1. The van der Waals surface area contributed by atoms with Gasteiger partial charge in [-0.1, -0.05) is 6.07 Å². The Bertz CT molecular complexity index is 942. The summed E-state index contributed by atoms with van der Waals surface area (Å²) in [7, 11) is 2.02. The van der Waals surface area contributed by atoms with E-state index in [0.29, 0.717) is 36.3 Å². The summed E-state index contributed by atoms with van der Waals surface area (Å²) in [5.74, 6) is 1.80. The minimum Gasteiger partial charge on any atom is -0.444 e. The second-order valence-corrected chi connectivity index (χ2v) is 7.84. The molecule has 4 heterocycles. The van der Waals surface area contributed by atoms with Crippen LogP contribution in [-0.4, -0.2) is 56.8 Å². The molecule has 0 bridgehead atoms. The number of amides is 1. The van der Waals surface area contributed by atoms with Crippen LogP contribution in [0.4, 0.5) is 5.82 Å². The van der Waals surface area contributed by atoms with E-state index in [4.69, 9.17) is 10.2 Å². The number of carbonyl (C=O) groups excluding carboxylic acids is 1. The van der Waals surface area contributed by atoms with Crippen LogP contribution in [0.2, 0.25) is 0 Å². The molecule has 0 saturated carbocycles. The van der Waals surface area contributed by atoms with Crippen LogP contribution in [-0.2, 0) is 17.8 Å². The fourth-order valence-corrected chi connectivity index (χ4v) is 4.00. The van der Waals surface area contributed by atoms with Gasteiger partial charge in [0.1, 0.15) is 17.9 Å². The van der Waals surface area contributed by atoms with E-state index in [0.717, 1.165) is 17.8 Å². The lowest BCUT2D eigenvalue weighted by Gasteiger charge is -2.24. The standard InChI is InChI=1S/C19H22N6O2S/c1-24(11-17-21-6-4-16(20)23-17)14-5-7-25(10-14)18(26)9-13-12-27-19(22-13)15-3-2-8-28-15/h2-4,6,8,12,14H,5,7,9-11H2,1H3,(H2,20,21,23)/t14-/m0/s1. The molecule has 1 atom stereocenters. The predicted octanol–water partition coefficient (Wildman–Crippen LogP) is 2.05. The van der Waals surface area contributed by atoms with E-state index in [1.165, 1.54) is 0 Å². The Hall–Kier alpha value is -2.78. The fourth-order valence-electron chi connectivity index (χ4n) is 3.34. The molecule has 1 aliphatic rings. The van der Waals surface area contributed by atoms with Crippen molar-refractivity contribution in [1.29, 1.82) is 0 Å². The van der Waals surface area contributed by atoms with E-state index < -0.39 is 0 Å². The molecule has 146 valence electrons. The molecule has 0 aromatic carbocycles. The van der Waals surface area contributed by atoms with Crippen LogP contribution in [0.25, 0.3) is 10.8 Å². The first-order valence-electron chi connectivity index (χ1n) is 9.12. The molecular weight excluding hydrogens is 376 g/mol. The Morgan fingerprint density at radius 2 is 2.32 bits per heavy atom. The molecule has 0 aliphatic carbocycles. The van der Waals surface area contributed by atoms with E-state index in [-0.39, 0.29) is 18.4 Å². The van der Waals surface area contributed by atoms with E-state index in [1.807, 2.05) is 29.5 Å². The number of nitrogens with zero attached hydrogens (tertiary/aromatic N) is 5. The Balaban J connectivity index is 1.31. The summed E-state index contributed by atoms with van der Waals surface area (Å²) in [4.78, 5) is 30.6. The quantitative estimate of drug-likeness (QED) is 0.678. The highest BCUT2D eigenvalue weighted by atomic mass is 32.1. The van der Waals surface area contributed by atoms with Gasteiger partial charge < -0.3 is 15.1 Å². The van der Waals surface area contributed by atoms with Crippen molar-refractivity contribution < 1.29 is 9.21 Å². The van der Waals surface area contributed by atoms with Gasteiger partial charge in [0.15, 0.2) is 0 Å². The van der Waals surface area contributed by atoms with Gasteiger partial charge in [0, 0.05) is 25.3 Å². The lowest BCUT2D eigenvalue weighted by Crippen LogP contribution is -2.37. The first kappa shape index (κ1) is 18.6. The summed E-state index contributed by atoms with van der Waals surface area (Å²) in [5.41, 5.74) is 6.39. The third kappa shape index (κ3) is 4.20. The second kappa shape index (κ2) is 8.07. The number of oxazole rings is 1. The van der Waals surface area contributed by atoms with E-state index in [1.54, 1.807) is 29.9 Å². The van der Waals surface area contributed by atoms with Crippen molar-refractivity contribution in [3.8, 4) is 10.8 Å². The maximum atomic E-state index is 12.7. The van der Waals surface area contributed by atoms with Crippen LogP contribution in [0.5, 0.6) is 0 Å². The SMILES string of the molecule is CN(Cc1nccc(N)n1)[C@H]1CCN(C(=O)Cc2coc(-c3cccs3)n2)C1. The monoisotopic (exact) mass is 398 g/mol. The van der Waals surface area contributed by atoms with Crippen molar-refractivity contribution in [2.45, 2.75) is 25.4 Å². The maximum absolute atomic E-state index is 12.7. The number of hydrogen-bond donors (Lipinski definition) is 1. The molecule has 2 N–H and O–H groups in total. The summed E-state index contributed by atoms with van der Waals surface area (Å²) in [6, 6.07) is 5.85. The summed E-state index contributed by atoms with van der Waals surface area (Å²) < 4.78 is 5.50. The van der Waals surface area contributed by atoms with Crippen LogP contribution >= 0.6 is 11.3 Å². The van der Waals surface area contributed by atoms with Crippen molar-refractivity contribution in [3.63, 3.8) is 0 Å². The zero-order valence-corrected chi connectivity index (χ0v) is 16.4. The molecule has 0 radical (unpaired) electrons. The number of nitrogen functional groups attached to an aromatic ring is 1. The number of anilines is 1. The van der Waals surface area contributed by atoms with Gasteiger partial charge >= 0.3 is 0 Å². The van der Waals surface area contributed by atoms with Crippen molar-refractivity contribution in [3.05, 3.63) is 47.6 Å². The van der Waals surface area contributed by atoms with Gasteiger partial charge in [-0.2, -0.15) is 0 Å². The summed E-state index contributed by atoms with van der Waals surface area (Å²) >= 11 is 1.56. The molecule has 1 amide bonds. The first-order valence-corrected chi connectivity index (χ1v) is 10.00. The third-order valence-corrected chi connectivity index (χ3v) is 5.73. The highest BCUT2D eigenvalue weighted by molar-refractivity contribution is 7.13. The van der Waals surface area contributed by atoms with Gasteiger partial charge in [-0.25, -0.2) is 15.0 Å². The smallest absolute Gasteiger partial charge is 0.236 e. The first-order chi connectivity index (χ1) is 13.6. The van der Waals surface area contributed by atoms with Crippen LogP contribution in [0, 0.1) is 0 Å². The normalized spacial score (nSPS) is 16.8.